The highest BCUT2D eigenvalue weighted by Gasteiger charge is 2.24. The van der Waals surface area contributed by atoms with Crippen LogP contribution in [0.5, 0.6) is 0 Å². The smallest absolute Gasteiger partial charge is 0.358 e. The Labute approximate surface area is 128 Å². The zero-order valence-electron chi connectivity index (χ0n) is 12.7. The lowest BCUT2D eigenvalue weighted by Crippen LogP contribution is -2.26. The van der Waals surface area contributed by atoms with E-state index in [1.165, 1.54) is 4.68 Å². The van der Waals surface area contributed by atoms with Gasteiger partial charge in [0.05, 0.1) is 5.69 Å². The molecule has 7 nitrogen and oxygen atoms in total. The van der Waals surface area contributed by atoms with Gasteiger partial charge in [0.1, 0.15) is 6.04 Å². The van der Waals surface area contributed by atoms with E-state index in [0.717, 1.165) is 5.56 Å². The summed E-state index contributed by atoms with van der Waals surface area (Å²) in [5, 5.41) is 19.3. The van der Waals surface area contributed by atoms with Crippen molar-refractivity contribution in [2.75, 3.05) is 5.32 Å². The van der Waals surface area contributed by atoms with Crippen molar-refractivity contribution >= 4 is 17.6 Å². The monoisotopic (exact) mass is 302 g/mol. The summed E-state index contributed by atoms with van der Waals surface area (Å²) in [4.78, 5) is 23.4. The second-order valence-corrected chi connectivity index (χ2v) is 5.02. The minimum absolute atomic E-state index is 0.113. The first kappa shape index (κ1) is 15.7. The van der Waals surface area contributed by atoms with Gasteiger partial charge in [0.2, 0.25) is 5.91 Å². The van der Waals surface area contributed by atoms with Crippen molar-refractivity contribution in [1.82, 2.24) is 15.0 Å². The molecule has 1 heterocycles. The molecule has 2 N–H and O–H groups in total. The lowest BCUT2D eigenvalue weighted by atomic mass is 10.2. The Morgan fingerprint density at radius 2 is 1.95 bits per heavy atom. The minimum atomic E-state index is -1.14. The van der Waals surface area contributed by atoms with Crippen molar-refractivity contribution in [3.05, 3.63) is 41.2 Å². The van der Waals surface area contributed by atoms with Crippen LogP contribution in [0.4, 0.5) is 5.69 Å². The van der Waals surface area contributed by atoms with E-state index in [1.54, 1.807) is 13.8 Å². The molecule has 2 rings (SSSR count). The number of hydrogen-bond donors (Lipinski definition) is 2. The van der Waals surface area contributed by atoms with Gasteiger partial charge in [-0.2, -0.15) is 0 Å². The molecule has 0 aliphatic rings. The number of carboxylic acid groups (broad SMARTS) is 1. The van der Waals surface area contributed by atoms with E-state index >= 15 is 0 Å². The standard InChI is InChI=1S/C15H18N4O3/c1-4-12-13(15(21)22)17-18-19(12)10(3)14(20)16-11-7-5-9(2)6-8-11/h5-8,10H,4H2,1-3H3,(H,16,20)(H,21,22). The number of hydrogen-bond acceptors (Lipinski definition) is 4. The van der Waals surface area contributed by atoms with E-state index in [2.05, 4.69) is 15.6 Å². The topological polar surface area (TPSA) is 97.1 Å². The molecule has 0 radical (unpaired) electrons. The molecule has 0 fully saturated rings. The largest absolute Gasteiger partial charge is 0.476 e. The second kappa shape index (κ2) is 6.38. The number of aromatic nitrogens is 3. The molecule has 0 aliphatic carbocycles. The third-order valence-electron chi connectivity index (χ3n) is 3.39. The van der Waals surface area contributed by atoms with Crippen molar-refractivity contribution in [2.24, 2.45) is 0 Å². The van der Waals surface area contributed by atoms with Gasteiger partial charge < -0.3 is 10.4 Å². The number of anilines is 1. The number of carboxylic acids is 1. The maximum absolute atomic E-state index is 12.3. The van der Waals surface area contributed by atoms with Gasteiger partial charge >= 0.3 is 5.97 Å². The highest BCUT2D eigenvalue weighted by atomic mass is 16.4. The van der Waals surface area contributed by atoms with Crippen LogP contribution in [-0.2, 0) is 11.2 Å². The third kappa shape index (κ3) is 3.13. The van der Waals surface area contributed by atoms with Gasteiger partial charge in [0.25, 0.3) is 0 Å². The van der Waals surface area contributed by atoms with Crippen LogP contribution in [0.15, 0.2) is 24.3 Å². The highest BCUT2D eigenvalue weighted by molar-refractivity contribution is 5.93. The molecule has 1 aromatic carbocycles. The minimum Gasteiger partial charge on any atom is -0.476 e. The van der Waals surface area contributed by atoms with Crippen LogP contribution < -0.4 is 5.32 Å². The number of carbonyl (C=O) groups is 2. The van der Waals surface area contributed by atoms with Crippen LogP contribution >= 0.6 is 0 Å². The Hall–Kier alpha value is -2.70. The summed E-state index contributed by atoms with van der Waals surface area (Å²) >= 11 is 0. The van der Waals surface area contributed by atoms with E-state index in [4.69, 9.17) is 5.11 Å². The maximum atomic E-state index is 12.3. The molecular formula is C15H18N4O3. The molecule has 22 heavy (non-hydrogen) atoms. The molecule has 1 amide bonds. The Morgan fingerprint density at radius 1 is 1.32 bits per heavy atom. The van der Waals surface area contributed by atoms with Crippen LogP contribution in [-0.4, -0.2) is 32.0 Å². The number of benzene rings is 1. The molecule has 116 valence electrons. The molecule has 1 atom stereocenters. The first-order valence-corrected chi connectivity index (χ1v) is 6.99. The van der Waals surface area contributed by atoms with E-state index < -0.39 is 12.0 Å². The van der Waals surface area contributed by atoms with Crippen molar-refractivity contribution < 1.29 is 14.7 Å². The second-order valence-electron chi connectivity index (χ2n) is 5.02. The van der Waals surface area contributed by atoms with Gasteiger partial charge in [-0.05, 0) is 32.4 Å². The number of aryl methyl sites for hydroxylation is 1. The number of nitrogens with zero attached hydrogens (tertiary/aromatic N) is 3. The van der Waals surface area contributed by atoms with Crippen molar-refractivity contribution in [3.63, 3.8) is 0 Å². The predicted molar refractivity (Wildman–Crippen MR) is 80.9 cm³/mol. The first-order chi connectivity index (χ1) is 10.4. The molecule has 0 saturated carbocycles. The molecule has 2 aromatic rings. The number of nitrogens with one attached hydrogen (secondary N) is 1. The van der Waals surface area contributed by atoms with Crippen LogP contribution in [0.1, 0.15) is 41.6 Å². The molecule has 0 bridgehead atoms. The summed E-state index contributed by atoms with van der Waals surface area (Å²) in [6.45, 7) is 5.42. The van der Waals surface area contributed by atoms with Crippen molar-refractivity contribution in [1.29, 1.82) is 0 Å². The maximum Gasteiger partial charge on any atom is 0.358 e. The summed E-state index contributed by atoms with van der Waals surface area (Å²) in [7, 11) is 0. The van der Waals surface area contributed by atoms with Gasteiger partial charge in [-0.3, -0.25) is 4.79 Å². The zero-order valence-corrected chi connectivity index (χ0v) is 12.7. The van der Waals surface area contributed by atoms with Crippen LogP contribution in [0.3, 0.4) is 0 Å². The summed E-state index contributed by atoms with van der Waals surface area (Å²) in [5.41, 5.74) is 2.09. The fraction of sp³-hybridized carbons (Fsp3) is 0.333. The van der Waals surface area contributed by atoms with E-state index in [-0.39, 0.29) is 11.6 Å². The number of amides is 1. The van der Waals surface area contributed by atoms with Crippen LogP contribution in [0, 0.1) is 6.92 Å². The fourth-order valence-electron chi connectivity index (χ4n) is 2.11. The van der Waals surface area contributed by atoms with Gasteiger partial charge in [0, 0.05) is 5.69 Å². The zero-order chi connectivity index (χ0) is 16.3. The van der Waals surface area contributed by atoms with Crippen LogP contribution in [0.2, 0.25) is 0 Å². The third-order valence-corrected chi connectivity index (χ3v) is 3.39. The number of carbonyl (C=O) groups excluding carboxylic acids is 1. The Bertz CT molecular complexity index is 691. The lowest BCUT2D eigenvalue weighted by molar-refractivity contribution is -0.119. The fourth-order valence-corrected chi connectivity index (χ4v) is 2.11. The quantitative estimate of drug-likeness (QED) is 0.881. The van der Waals surface area contributed by atoms with Gasteiger partial charge in [-0.25, -0.2) is 9.48 Å². The molecular weight excluding hydrogens is 284 g/mol. The Morgan fingerprint density at radius 3 is 2.50 bits per heavy atom. The molecule has 0 aliphatic heterocycles. The van der Waals surface area contributed by atoms with Gasteiger partial charge in [0.15, 0.2) is 5.69 Å². The Balaban J connectivity index is 2.20. The van der Waals surface area contributed by atoms with E-state index in [1.807, 2.05) is 31.2 Å². The SMILES string of the molecule is CCc1c(C(=O)O)nnn1C(C)C(=O)Nc1ccc(C)cc1. The summed E-state index contributed by atoms with van der Waals surface area (Å²) in [6, 6.07) is 6.76. The molecule has 0 saturated heterocycles. The lowest BCUT2D eigenvalue weighted by Gasteiger charge is -2.14. The average molecular weight is 302 g/mol. The molecule has 1 aromatic heterocycles. The normalized spacial score (nSPS) is 12.0. The summed E-state index contributed by atoms with van der Waals surface area (Å²) in [6.07, 6.45) is 0.427. The Kier molecular flexibility index (Phi) is 4.55. The van der Waals surface area contributed by atoms with E-state index in [0.29, 0.717) is 17.8 Å². The molecule has 1 unspecified atom stereocenters. The highest BCUT2D eigenvalue weighted by Crippen LogP contribution is 2.16. The average Bonchev–Trinajstić information content (AvgIpc) is 2.92. The van der Waals surface area contributed by atoms with Crippen molar-refractivity contribution in [2.45, 2.75) is 33.2 Å². The van der Waals surface area contributed by atoms with E-state index in [9.17, 15) is 9.59 Å². The number of aromatic carboxylic acids is 1. The summed E-state index contributed by atoms with van der Waals surface area (Å²) in [5.74, 6) is -1.42. The predicted octanol–water partition coefficient (Wildman–Crippen LogP) is 2.05. The first-order valence-electron chi connectivity index (χ1n) is 6.99. The van der Waals surface area contributed by atoms with Gasteiger partial charge in [-0.15, -0.1) is 5.10 Å². The molecule has 7 heteroatoms. The van der Waals surface area contributed by atoms with Crippen molar-refractivity contribution in [3.8, 4) is 0 Å². The summed E-state index contributed by atoms with van der Waals surface area (Å²) < 4.78 is 1.35. The van der Waals surface area contributed by atoms with Gasteiger partial charge in [-0.1, -0.05) is 29.8 Å². The number of rotatable bonds is 5. The molecule has 0 spiro atoms. The van der Waals surface area contributed by atoms with Crippen LogP contribution in [0.25, 0.3) is 0 Å².